The molecule has 0 atom stereocenters. The number of amides is 1. The fourth-order valence-corrected chi connectivity index (χ4v) is 3.02. The van der Waals surface area contributed by atoms with Gasteiger partial charge in [0.15, 0.2) is 11.2 Å². The van der Waals surface area contributed by atoms with Crippen molar-refractivity contribution in [2.75, 3.05) is 5.32 Å². The van der Waals surface area contributed by atoms with E-state index in [0.717, 1.165) is 11.1 Å². The number of fused-ring (bicyclic) bond motifs is 1. The van der Waals surface area contributed by atoms with Gasteiger partial charge >= 0.3 is 0 Å². The van der Waals surface area contributed by atoms with Crippen LogP contribution in [0.3, 0.4) is 0 Å². The molecule has 0 saturated heterocycles. The van der Waals surface area contributed by atoms with Gasteiger partial charge in [0.05, 0.1) is 10.0 Å². The molecule has 0 aliphatic heterocycles. The Kier molecular flexibility index (Phi) is 4.56. The van der Waals surface area contributed by atoms with Crippen molar-refractivity contribution in [1.29, 1.82) is 0 Å². The van der Waals surface area contributed by atoms with Crippen molar-refractivity contribution < 1.29 is 9.21 Å². The molecule has 0 aliphatic rings. The van der Waals surface area contributed by atoms with Gasteiger partial charge < -0.3 is 9.73 Å². The first-order valence-electron chi connectivity index (χ1n) is 8.11. The summed E-state index contributed by atoms with van der Waals surface area (Å²) >= 11 is 11.9. The standard InChI is InChI=1S/C20H13Cl2N3O2/c1-11-13(20-25-18-17(27-20)6-3-9-23-18)4-2-5-16(11)24-19(26)12-7-8-14(21)15(22)10-12/h2-10H,1H3,(H,24,26). The van der Waals surface area contributed by atoms with E-state index < -0.39 is 0 Å². The van der Waals surface area contributed by atoms with Crippen LogP contribution in [-0.2, 0) is 0 Å². The van der Waals surface area contributed by atoms with E-state index >= 15 is 0 Å². The predicted molar refractivity (Wildman–Crippen MR) is 106 cm³/mol. The van der Waals surface area contributed by atoms with Gasteiger partial charge in [-0.2, -0.15) is 4.98 Å². The molecule has 7 heteroatoms. The van der Waals surface area contributed by atoms with Crippen LogP contribution in [0.1, 0.15) is 15.9 Å². The summed E-state index contributed by atoms with van der Waals surface area (Å²) < 4.78 is 5.79. The second-order valence-electron chi connectivity index (χ2n) is 5.91. The summed E-state index contributed by atoms with van der Waals surface area (Å²) in [6.07, 6.45) is 1.66. The third kappa shape index (κ3) is 3.39. The second-order valence-corrected chi connectivity index (χ2v) is 6.72. The van der Waals surface area contributed by atoms with Gasteiger partial charge in [-0.15, -0.1) is 0 Å². The summed E-state index contributed by atoms with van der Waals surface area (Å²) in [5.74, 6) is 0.167. The van der Waals surface area contributed by atoms with Crippen LogP contribution in [0.5, 0.6) is 0 Å². The van der Waals surface area contributed by atoms with Gasteiger partial charge in [-0.3, -0.25) is 4.79 Å². The highest BCUT2D eigenvalue weighted by Crippen LogP contribution is 2.30. The predicted octanol–water partition coefficient (Wildman–Crippen LogP) is 5.76. The molecule has 134 valence electrons. The van der Waals surface area contributed by atoms with Crippen LogP contribution in [0.4, 0.5) is 5.69 Å². The first-order valence-corrected chi connectivity index (χ1v) is 8.86. The number of aromatic nitrogens is 2. The number of carbonyl (C=O) groups excluding carboxylic acids is 1. The number of anilines is 1. The maximum atomic E-state index is 12.6. The molecular weight excluding hydrogens is 385 g/mol. The summed E-state index contributed by atoms with van der Waals surface area (Å²) in [5, 5.41) is 3.62. The number of benzene rings is 2. The van der Waals surface area contributed by atoms with Crippen molar-refractivity contribution in [1.82, 2.24) is 9.97 Å². The number of carbonyl (C=O) groups is 1. The number of rotatable bonds is 3. The second kappa shape index (κ2) is 7.02. The van der Waals surface area contributed by atoms with Crippen molar-refractivity contribution in [3.8, 4) is 11.5 Å². The van der Waals surface area contributed by atoms with Gasteiger partial charge in [0.2, 0.25) is 5.89 Å². The van der Waals surface area contributed by atoms with E-state index in [-0.39, 0.29) is 5.91 Å². The number of oxazole rings is 1. The van der Waals surface area contributed by atoms with Gasteiger partial charge in [-0.05, 0) is 55.0 Å². The topological polar surface area (TPSA) is 68.0 Å². The minimum atomic E-state index is -0.284. The SMILES string of the molecule is Cc1c(NC(=O)c2ccc(Cl)c(Cl)c2)cccc1-c1nc2ncccc2o1. The molecular formula is C20H13Cl2N3O2. The normalized spacial score (nSPS) is 10.9. The average Bonchev–Trinajstić information content (AvgIpc) is 3.09. The van der Waals surface area contributed by atoms with Crippen LogP contribution in [0.2, 0.25) is 10.0 Å². The number of halogens is 2. The van der Waals surface area contributed by atoms with Crippen molar-refractivity contribution in [3.05, 3.63) is 75.9 Å². The van der Waals surface area contributed by atoms with Crippen LogP contribution in [0.15, 0.2) is 59.1 Å². The van der Waals surface area contributed by atoms with Crippen LogP contribution >= 0.6 is 23.2 Å². The lowest BCUT2D eigenvalue weighted by Gasteiger charge is -2.11. The van der Waals surface area contributed by atoms with Crippen LogP contribution in [0.25, 0.3) is 22.7 Å². The quantitative estimate of drug-likeness (QED) is 0.477. The zero-order chi connectivity index (χ0) is 19.0. The summed E-state index contributed by atoms with van der Waals surface area (Å²) in [7, 11) is 0. The lowest BCUT2D eigenvalue weighted by atomic mass is 10.1. The number of hydrogen-bond acceptors (Lipinski definition) is 4. The maximum Gasteiger partial charge on any atom is 0.255 e. The third-order valence-corrected chi connectivity index (χ3v) is 4.90. The Labute approximate surface area is 165 Å². The van der Waals surface area contributed by atoms with Gasteiger partial charge in [0.25, 0.3) is 5.91 Å². The number of pyridine rings is 1. The summed E-state index contributed by atoms with van der Waals surface area (Å²) in [6.45, 7) is 1.89. The lowest BCUT2D eigenvalue weighted by molar-refractivity contribution is 0.102. The molecule has 4 rings (SSSR count). The third-order valence-electron chi connectivity index (χ3n) is 4.16. The minimum Gasteiger partial charge on any atom is -0.434 e. The van der Waals surface area contributed by atoms with E-state index in [1.807, 2.05) is 31.2 Å². The molecule has 0 radical (unpaired) electrons. The Morgan fingerprint density at radius 3 is 2.70 bits per heavy atom. The van der Waals surface area contributed by atoms with Gasteiger partial charge in [0, 0.05) is 23.0 Å². The van der Waals surface area contributed by atoms with Gasteiger partial charge in [-0.1, -0.05) is 29.3 Å². The largest absolute Gasteiger partial charge is 0.434 e. The first-order chi connectivity index (χ1) is 13.0. The molecule has 4 aromatic rings. The smallest absolute Gasteiger partial charge is 0.255 e. The zero-order valence-corrected chi connectivity index (χ0v) is 15.7. The lowest BCUT2D eigenvalue weighted by Crippen LogP contribution is -2.13. The summed E-state index contributed by atoms with van der Waals surface area (Å²) in [5.41, 5.74) is 3.82. The molecule has 0 aliphatic carbocycles. The van der Waals surface area contributed by atoms with Crippen molar-refractivity contribution in [3.63, 3.8) is 0 Å². The van der Waals surface area contributed by atoms with Gasteiger partial charge in [-0.25, -0.2) is 4.98 Å². The maximum absolute atomic E-state index is 12.6. The van der Waals surface area contributed by atoms with Crippen LogP contribution in [-0.4, -0.2) is 15.9 Å². The highest BCUT2D eigenvalue weighted by Gasteiger charge is 2.15. The van der Waals surface area contributed by atoms with Crippen molar-refractivity contribution in [2.24, 2.45) is 0 Å². The van der Waals surface area contributed by atoms with Crippen molar-refractivity contribution in [2.45, 2.75) is 6.92 Å². The molecule has 1 amide bonds. The molecule has 2 heterocycles. The van der Waals surface area contributed by atoms with Crippen LogP contribution in [0, 0.1) is 6.92 Å². The Hall–Kier alpha value is -2.89. The van der Waals surface area contributed by atoms with E-state index in [4.69, 9.17) is 27.6 Å². The average molecular weight is 398 g/mol. The Bertz CT molecular complexity index is 1140. The minimum absolute atomic E-state index is 0.284. The van der Waals surface area contributed by atoms with E-state index in [1.54, 1.807) is 24.4 Å². The molecule has 0 bridgehead atoms. The molecule has 27 heavy (non-hydrogen) atoms. The number of nitrogens with one attached hydrogen (secondary N) is 1. The van der Waals surface area contributed by atoms with Crippen molar-refractivity contribution >= 4 is 46.0 Å². The Morgan fingerprint density at radius 1 is 1.07 bits per heavy atom. The highest BCUT2D eigenvalue weighted by atomic mass is 35.5. The molecule has 0 spiro atoms. The van der Waals surface area contributed by atoms with Crippen LogP contribution < -0.4 is 5.32 Å². The molecule has 0 saturated carbocycles. The Balaban J connectivity index is 1.67. The molecule has 0 fully saturated rings. The molecule has 0 unspecified atom stereocenters. The molecule has 2 aromatic carbocycles. The van der Waals surface area contributed by atoms with E-state index in [2.05, 4.69) is 15.3 Å². The molecule has 5 nitrogen and oxygen atoms in total. The monoisotopic (exact) mass is 397 g/mol. The molecule has 2 aromatic heterocycles. The summed E-state index contributed by atoms with van der Waals surface area (Å²) in [4.78, 5) is 21.2. The zero-order valence-electron chi connectivity index (χ0n) is 14.2. The fraction of sp³-hybridized carbons (Fsp3) is 0.0500. The fourth-order valence-electron chi connectivity index (χ4n) is 2.72. The summed E-state index contributed by atoms with van der Waals surface area (Å²) in [6, 6.07) is 13.9. The highest BCUT2D eigenvalue weighted by molar-refractivity contribution is 6.42. The van der Waals surface area contributed by atoms with Gasteiger partial charge in [0.1, 0.15) is 0 Å². The number of nitrogens with zero attached hydrogens (tertiary/aromatic N) is 2. The van der Waals surface area contributed by atoms with E-state index in [9.17, 15) is 4.79 Å². The first kappa shape index (κ1) is 17.5. The number of hydrogen-bond donors (Lipinski definition) is 1. The van der Waals surface area contributed by atoms with E-state index in [1.165, 1.54) is 6.07 Å². The molecule has 1 N–H and O–H groups in total. The Morgan fingerprint density at radius 2 is 1.93 bits per heavy atom. The van der Waals surface area contributed by atoms with E-state index in [0.29, 0.717) is 38.4 Å².